The van der Waals surface area contributed by atoms with Crippen LogP contribution in [0.2, 0.25) is 0 Å². The van der Waals surface area contributed by atoms with Crippen LogP contribution in [-0.2, 0) is 15.0 Å². The molecule has 0 aliphatic carbocycles. The number of ether oxygens (including phenoxy) is 1. The molecular formula is C20H26BrF3N2O3. The van der Waals surface area contributed by atoms with E-state index < -0.39 is 12.1 Å². The molecule has 0 atom stereocenters. The van der Waals surface area contributed by atoms with E-state index in [9.17, 15) is 22.8 Å². The minimum atomic E-state index is -4.87. The number of rotatable bonds is 5. The molecule has 0 spiro atoms. The fraction of sp³-hybridized carbons (Fsp3) is 0.600. The van der Waals surface area contributed by atoms with E-state index in [-0.39, 0.29) is 43.9 Å². The molecule has 29 heavy (non-hydrogen) atoms. The highest BCUT2D eigenvalue weighted by molar-refractivity contribution is 9.10. The van der Waals surface area contributed by atoms with Crippen LogP contribution in [0.25, 0.3) is 0 Å². The van der Waals surface area contributed by atoms with Gasteiger partial charge in [0.2, 0.25) is 5.91 Å². The summed E-state index contributed by atoms with van der Waals surface area (Å²) in [5.74, 6) is -1.29. The number of carbonyl (C=O) groups is 2. The molecule has 5 nitrogen and oxygen atoms in total. The van der Waals surface area contributed by atoms with Crippen molar-refractivity contribution < 1.29 is 27.5 Å². The van der Waals surface area contributed by atoms with Crippen molar-refractivity contribution in [2.75, 3.05) is 32.8 Å². The molecule has 1 aliphatic heterocycles. The van der Waals surface area contributed by atoms with Crippen molar-refractivity contribution in [3.05, 3.63) is 28.2 Å². The fourth-order valence-electron chi connectivity index (χ4n) is 2.99. The Morgan fingerprint density at radius 3 is 2.17 bits per heavy atom. The van der Waals surface area contributed by atoms with Gasteiger partial charge < -0.3 is 14.5 Å². The van der Waals surface area contributed by atoms with Gasteiger partial charge in [-0.25, -0.2) is 0 Å². The zero-order valence-corrected chi connectivity index (χ0v) is 18.4. The van der Waals surface area contributed by atoms with Crippen molar-refractivity contribution >= 4 is 27.7 Å². The maximum Gasteiger partial charge on any atom is 0.471 e. The molecule has 162 valence electrons. The topological polar surface area (TPSA) is 49.9 Å². The van der Waals surface area contributed by atoms with Crippen LogP contribution in [0.3, 0.4) is 0 Å². The molecule has 0 N–H and O–H groups in total. The molecule has 0 aromatic heterocycles. The number of amides is 2. The maximum absolute atomic E-state index is 12.5. The van der Waals surface area contributed by atoms with Gasteiger partial charge in [0.05, 0.1) is 11.1 Å². The Labute approximate surface area is 177 Å². The lowest BCUT2D eigenvalue weighted by Gasteiger charge is -2.35. The molecule has 1 heterocycles. The molecule has 0 unspecified atom stereocenters. The van der Waals surface area contributed by atoms with Crippen LogP contribution in [0.15, 0.2) is 22.7 Å². The Balaban J connectivity index is 1.74. The van der Waals surface area contributed by atoms with Gasteiger partial charge in [0.15, 0.2) is 0 Å². The predicted octanol–water partition coefficient (Wildman–Crippen LogP) is 4.14. The van der Waals surface area contributed by atoms with Gasteiger partial charge in [-0.15, -0.1) is 0 Å². The number of hydrogen-bond acceptors (Lipinski definition) is 3. The molecule has 2 rings (SSSR count). The van der Waals surface area contributed by atoms with Crippen molar-refractivity contribution in [1.82, 2.24) is 9.80 Å². The number of nitrogens with zero attached hydrogens (tertiary/aromatic N) is 2. The van der Waals surface area contributed by atoms with E-state index in [4.69, 9.17) is 4.74 Å². The first-order valence-electron chi connectivity index (χ1n) is 9.46. The molecular weight excluding hydrogens is 453 g/mol. The van der Waals surface area contributed by atoms with E-state index in [0.717, 1.165) is 9.37 Å². The summed E-state index contributed by atoms with van der Waals surface area (Å²) in [5, 5.41) is 0. The summed E-state index contributed by atoms with van der Waals surface area (Å²) in [5.41, 5.74) is 1.21. The quantitative estimate of drug-likeness (QED) is 0.597. The molecule has 0 radical (unpaired) electrons. The first-order valence-corrected chi connectivity index (χ1v) is 10.3. The maximum atomic E-state index is 12.5. The summed E-state index contributed by atoms with van der Waals surface area (Å²) in [6, 6.07) is 5.92. The first kappa shape index (κ1) is 23.5. The van der Waals surface area contributed by atoms with Crippen molar-refractivity contribution in [1.29, 1.82) is 0 Å². The Morgan fingerprint density at radius 1 is 1.07 bits per heavy atom. The Hall–Kier alpha value is -1.77. The minimum Gasteiger partial charge on any atom is -0.492 e. The molecule has 1 aliphatic rings. The lowest BCUT2D eigenvalue weighted by Crippen LogP contribution is -2.53. The largest absolute Gasteiger partial charge is 0.492 e. The van der Waals surface area contributed by atoms with E-state index in [1.54, 1.807) is 0 Å². The number of piperazine rings is 1. The summed E-state index contributed by atoms with van der Waals surface area (Å²) in [7, 11) is 0. The summed E-state index contributed by atoms with van der Waals surface area (Å²) in [4.78, 5) is 25.7. The van der Waals surface area contributed by atoms with Crippen LogP contribution in [0.1, 0.15) is 39.2 Å². The van der Waals surface area contributed by atoms with Crippen LogP contribution in [0, 0.1) is 0 Å². The standard InChI is InChI=1S/C20H26BrF3N2O3/c1-19(2,3)14-6-7-16(15(21)13-14)29-12-4-5-17(27)25-8-10-26(11-9-25)18(28)20(22,23)24/h6-7,13H,4-5,8-12H2,1-3H3. The Bertz CT molecular complexity index is 739. The van der Waals surface area contributed by atoms with Gasteiger partial charge in [-0.05, 0) is 45.5 Å². The van der Waals surface area contributed by atoms with E-state index in [2.05, 4.69) is 36.7 Å². The van der Waals surface area contributed by atoms with Crippen LogP contribution in [-0.4, -0.2) is 60.6 Å². The molecule has 0 saturated carbocycles. The molecule has 2 amide bonds. The van der Waals surface area contributed by atoms with E-state index in [1.165, 1.54) is 10.5 Å². The van der Waals surface area contributed by atoms with Gasteiger partial charge in [0.1, 0.15) is 5.75 Å². The zero-order valence-electron chi connectivity index (χ0n) is 16.8. The lowest BCUT2D eigenvalue weighted by molar-refractivity contribution is -0.187. The minimum absolute atomic E-state index is 0.0300. The molecule has 9 heteroatoms. The summed E-state index contributed by atoms with van der Waals surface area (Å²) >= 11 is 3.50. The van der Waals surface area contributed by atoms with Gasteiger partial charge >= 0.3 is 12.1 Å². The summed E-state index contributed by atoms with van der Waals surface area (Å²) in [6.07, 6.45) is -4.14. The average molecular weight is 479 g/mol. The number of carbonyl (C=O) groups excluding carboxylic acids is 2. The number of benzene rings is 1. The highest BCUT2D eigenvalue weighted by Crippen LogP contribution is 2.31. The zero-order chi connectivity index (χ0) is 21.8. The average Bonchev–Trinajstić information content (AvgIpc) is 2.64. The second-order valence-electron chi connectivity index (χ2n) is 8.02. The number of alkyl halides is 3. The van der Waals surface area contributed by atoms with E-state index in [0.29, 0.717) is 18.8 Å². The van der Waals surface area contributed by atoms with Crippen molar-refractivity contribution in [2.24, 2.45) is 0 Å². The normalized spacial score (nSPS) is 15.4. The van der Waals surface area contributed by atoms with Gasteiger partial charge in [-0.3, -0.25) is 9.59 Å². The Kier molecular flexibility index (Phi) is 7.59. The second-order valence-corrected chi connectivity index (χ2v) is 8.87. The van der Waals surface area contributed by atoms with Crippen molar-refractivity contribution in [2.45, 2.75) is 45.2 Å². The van der Waals surface area contributed by atoms with Crippen molar-refractivity contribution in [3.8, 4) is 5.75 Å². The second kappa shape index (κ2) is 9.36. The Morgan fingerprint density at radius 2 is 1.66 bits per heavy atom. The molecule has 1 fully saturated rings. The molecule has 1 aromatic rings. The van der Waals surface area contributed by atoms with E-state index in [1.807, 2.05) is 18.2 Å². The highest BCUT2D eigenvalue weighted by atomic mass is 79.9. The smallest absolute Gasteiger partial charge is 0.471 e. The number of halogens is 4. The third-order valence-electron chi connectivity index (χ3n) is 4.75. The molecule has 1 saturated heterocycles. The molecule has 0 bridgehead atoms. The van der Waals surface area contributed by atoms with Gasteiger partial charge in [0.25, 0.3) is 0 Å². The van der Waals surface area contributed by atoms with E-state index >= 15 is 0 Å². The first-order chi connectivity index (χ1) is 13.4. The summed E-state index contributed by atoms with van der Waals surface area (Å²) in [6.45, 7) is 6.75. The highest BCUT2D eigenvalue weighted by Gasteiger charge is 2.43. The predicted molar refractivity (Wildman–Crippen MR) is 107 cm³/mol. The third-order valence-corrected chi connectivity index (χ3v) is 5.37. The molecule has 1 aromatic carbocycles. The van der Waals surface area contributed by atoms with Gasteiger partial charge in [-0.2, -0.15) is 13.2 Å². The third kappa shape index (κ3) is 6.62. The number of hydrogen-bond donors (Lipinski definition) is 0. The van der Waals surface area contributed by atoms with Crippen molar-refractivity contribution in [3.63, 3.8) is 0 Å². The van der Waals surface area contributed by atoms with Crippen LogP contribution in [0.5, 0.6) is 5.75 Å². The van der Waals surface area contributed by atoms with Gasteiger partial charge in [0, 0.05) is 32.6 Å². The van der Waals surface area contributed by atoms with Crippen LogP contribution in [0.4, 0.5) is 13.2 Å². The lowest BCUT2D eigenvalue weighted by atomic mass is 9.87. The van der Waals surface area contributed by atoms with Gasteiger partial charge in [-0.1, -0.05) is 26.8 Å². The van der Waals surface area contributed by atoms with Crippen LogP contribution >= 0.6 is 15.9 Å². The monoisotopic (exact) mass is 478 g/mol. The SMILES string of the molecule is CC(C)(C)c1ccc(OCCCC(=O)N2CCN(C(=O)C(F)(F)F)CC2)c(Br)c1. The summed E-state index contributed by atoms with van der Waals surface area (Å²) < 4.78 is 43.9. The fourth-order valence-corrected chi connectivity index (χ4v) is 3.48. The van der Waals surface area contributed by atoms with Crippen LogP contribution < -0.4 is 4.74 Å².